The summed E-state index contributed by atoms with van der Waals surface area (Å²) in [6.07, 6.45) is 0. The molecular formula is C9H15N3S. The molecule has 0 atom stereocenters. The van der Waals surface area contributed by atoms with E-state index in [4.69, 9.17) is 5.73 Å². The minimum atomic E-state index is 0.481. The van der Waals surface area contributed by atoms with Gasteiger partial charge < -0.3 is 5.73 Å². The van der Waals surface area contributed by atoms with Crippen LogP contribution in [0, 0.1) is 6.92 Å². The number of aryl methyl sites for hydroxylation is 1. The summed E-state index contributed by atoms with van der Waals surface area (Å²) in [7, 11) is 0. The number of nitrogens with zero attached hydrogens (tertiary/aromatic N) is 2. The Morgan fingerprint density at radius 3 is 2.69 bits per heavy atom. The lowest BCUT2D eigenvalue weighted by Crippen LogP contribution is -2.03. The smallest absolute Gasteiger partial charge is 0.188 e. The number of thioether (sulfide) groups is 1. The molecule has 0 fully saturated rings. The molecule has 0 saturated carbocycles. The third-order valence-corrected chi connectivity index (χ3v) is 2.30. The lowest BCUT2D eigenvalue weighted by molar-refractivity contribution is 0.850. The van der Waals surface area contributed by atoms with Crippen LogP contribution in [0.1, 0.15) is 25.2 Å². The number of aromatic nitrogens is 2. The van der Waals surface area contributed by atoms with Crippen molar-refractivity contribution in [2.75, 3.05) is 0 Å². The molecule has 0 saturated heterocycles. The largest absolute Gasteiger partial charge is 0.325 e. The van der Waals surface area contributed by atoms with Crippen LogP contribution in [0.4, 0.5) is 0 Å². The standard InChI is InChI=1S/C9H15N3S/c1-6(2)13-9-11-7(3)4-8(5-10)12-9/h4,6H,5,10H2,1-3H3. The van der Waals surface area contributed by atoms with Gasteiger partial charge in [-0.25, -0.2) is 9.97 Å². The average molecular weight is 197 g/mol. The van der Waals surface area contributed by atoms with E-state index in [0.717, 1.165) is 16.5 Å². The summed E-state index contributed by atoms with van der Waals surface area (Å²) in [6.45, 7) is 6.69. The second kappa shape index (κ2) is 4.58. The molecule has 0 spiro atoms. The fourth-order valence-corrected chi connectivity index (χ4v) is 1.76. The van der Waals surface area contributed by atoms with Crippen molar-refractivity contribution in [1.29, 1.82) is 0 Å². The Morgan fingerprint density at radius 2 is 2.15 bits per heavy atom. The van der Waals surface area contributed by atoms with E-state index in [2.05, 4.69) is 23.8 Å². The van der Waals surface area contributed by atoms with Crippen LogP contribution in [0.25, 0.3) is 0 Å². The van der Waals surface area contributed by atoms with Crippen LogP contribution in [-0.2, 0) is 6.54 Å². The van der Waals surface area contributed by atoms with Crippen LogP contribution in [0.5, 0.6) is 0 Å². The maximum absolute atomic E-state index is 5.52. The molecule has 0 aliphatic rings. The third kappa shape index (κ3) is 3.32. The molecule has 3 nitrogen and oxygen atoms in total. The number of hydrogen-bond acceptors (Lipinski definition) is 4. The average Bonchev–Trinajstić information content (AvgIpc) is 2.01. The van der Waals surface area contributed by atoms with Crippen LogP contribution in [-0.4, -0.2) is 15.2 Å². The molecule has 4 heteroatoms. The Labute approximate surface area is 83.2 Å². The minimum absolute atomic E-state index is 0.481. The SMILES string of the molecule is Cc1cc(CN)nc(SC(C)C)n1. The first-order valence-corrected chi connectivity index (χ1v) is 5.21. The summed E-state index contributed by atoms with van der Waals surface area (Å²) < 4.78 is 0. The van der Waals surface area contributed by atoms with Gasteiger partial charge in [-0.1, -0.05) is 25.6 Å². The van der Waals surface area contributed by atoms with Crippen molar-refractivity contribution in [3.05, 3.63) is 17.5 Å². The highest BCUT2D eigenvalue weighted by Crippen LogP contribution is 2.18. The van der Waals surface area contributed by atoms with Crippen LogP contribution in [0.15, 0.2) is 11.2 Å². The van der Waals surface area contributed by atoms with Gasteiger partial charge in [0, 0.05) is 17.5 Å². The molecule has 1 aromatic heterocycles. The second-order valence-electron chi connectivity index (χ2n) is 3.15. The molecule has 0 amide bonds. The first kappa shape index (κ1) is 10.5. The van der Waals surface area contributed by atoms with Gasteiger partial charge in [0.15, 0.2) is 5.16 Å². The Bertz CT molecular complexity index is 286. The van der Waals surface area contributed by atoms with Gasteiger partial charge in [-0.3, -0.25) is 0 Å². The summed E-state index contributed by atoms with van der Waals surface area (Å²) in [5.74, 6) is 0. The molecule has 72 valence electrons. The third-order valence-electron chi connectivity index (χ3n) is 1.44. The van der Waals surface area contributed by atoms with E-state index in [1.54, 1.807) is 11.8 Å². The maximum Gasteiger partial charge on any atom is 0.188 e. The minimum Gasteiger partial charge on any atom is -0.325 e. The molecule has 0 bridgehead atoms. The van der Waals surface area contributed by atoms with Crippen LogP contribution >= 0.6 is 11.8 Å². The zero-order chi connectivity index (χ0) is 9.84. The van der Waals surface area contributed by atoms with Crippen molar-refractivity contribution >= 4 is 11.8 Å². The van der Waals surface area contributed by atoms with Crippen molar-refractivity contribution in [3.63, 3.8) is 0 Å². The van der Waals surface area contributed by atoms with Crippen molar-refractivity contribution in [2.45, 2.75) is 37.7 Å². The summed E-state index contributed by atoms with van der Waals surface area (Å²) in [5, 5.41) is 1.34. The van der Waals surface area contributed by atoms with E-state index in [1.165, 1.54) is 0 Å². The van der Waals surface area contributed by atoms with Crippen LogP contribution < -0.4 is 5.73 Å². The van der Waals surface area contributed by atoms with E-state index in [0.29, 0.717) is 11.8 Å². The van der Waals surface area contributed by atoms with E-state index in [1.807, 2.05) is 13.0 Å². The van der Waals surface area contributed by atoms with Gasteiger partial charge in [-0.2, -0.15) is 0 Å². The quantitative estimate of drug-likeness (QED) is 0.592. The number of rotatable bonds is 3. The normalized spacial score (nSPS) is 10.8. The Morgan fingerprint density at radius 1 is 1.46 bits per heavy atom. The molecule has 0 aliphatic carbocycles. The highest BCUT2D eigenvalue weighted by atomic mass is 32.2. The molecule has 1 aromatic rings. The number of hydrogen-bond donors (Lipinski definition) is 1. The molecule has 0 aliphatic heterocycles. The van der Waals surface area contributed by atoms with Crippen LogP contribution in [0.2, 0.25) is 0 Å². The predicted octanol–water partition coefficient (Wildman–Crippen LogP) is 1.74. The van der Waals surface area contributed by atoms with Crippen molar-refractivity contribution in [3.8, 4) is 0 Å². The Hall–Kier alpha value is -0.610. The zero-order valence-corrected chi connectivity index (χ0v) is 9.06. The number of nitrogens with two attached hydrogens (primary N) is 1. The Kier molecular flexibility index (Phi) is 3.69. The lowest BCUT2D eigenvalue weighted by atomic mass is 10.3. The van der Waals surface area contributed by atoms with Crippen LogP contribution in [0.3, 0.4) is 0 Å². The van der Waals surface area contributed by atoms with Gasteiger partial charge in [0.25, 0.3) is 0 Å². The topological polar surface area (TPSA) is 51.8 Å². The summed E-state index contributed by atoms with van der Waals surface area (Å²) >= 11 is 1.66. The molecular weight excluding hydrogens is 182 g/mol. The summed E-state index contributed by atoms with van der Waals surface area (Å²) in [5.41, 5.74) is 7.42. The van der Waals surface area contributed by atoms with Gasteiger partial charge in [0.1, 0.15) is 0 Å². The fraction of sp³-hybridized carbons (Fsp3) is 0.556. The van der Waals surface area contributed by atoms with E-state index in [-0.39, 0.29) is 0 Å². The monoisotopic (exact) mass is 197 g/mol. The van der Waals surface area contributed by atoms with Crippen molar-refractivity contribution in [1.82, 2.24) is 9.97 Å². The molecule has 0 aromatic carbocycles. The molecule has 13 heavy (non-hydrogen) atoms. The Balaban J connectivity index is 2.88. The van der Waals surface area contributed by atoms with Gasteiger partial charge in [-0.05, 0) is 13.0 Å². The highest BCUT2D eigenvalue weighted by Gasteiger charge is 2.03. The first-order valence-electron chi connectivity index (χ1n) is 4.33. The highest BCUT2D eigenvalue weighted by molar-refractivity contribution is 7.99. The fourth-order valence-electron chi connectivity index (χ4n) is 0.972. The van der Waals surface area contributed by atoms with Gasteiger partial charge in [-0.15, -0.1) is 0 Å². The molecule has 2 N–H and O–H groups in total. The van der Waals surface area contributed by atoms with Gasteiger partial charge in [0.2, 0.25) is 0 Å². The lowest BCUT2D eigenvalue weighted by Gasteiger charge is -2.05. The zero-order valence-electron chi connectivity index (χ0n) is 8.24. The van der Waals surface area contributed by atoms with E-state index >= 15 is 0 Å². The van der Waals surface area contributed by atoms with E-state index < -0.39 is 0 Å². The van der Waals surface area contributed by atoms with E-state index in [9.17, 15) is 0 Å². The van der Waals surface area contributed by atoms with Gasteiger partial charge >= 0.3 is 0 Å². The molecule has 1 heterocycles. The summed E-state index contributed by atoms with van der Waals surface area (Å²) in [6, 6.07) is 1.92. The molecule has 0 radical (unpaired) electrons. The molecule has 1 rings (SSSR count). The maximum atomic E-state index is 5.52. The van der Waals surface area contributed by atoms with Gasteiger partial charge in [0.05, 0.1) is 5.69 Å². The second-order valence-corrected chi connectivity index (χ2v) is 4.70. The predicted molar refractivity (Wildman–Crippen MR) is 55.7 cm³/mol. The summed E-state index contributed by atoms with van der Waals surface area (Å²) in [4.78, 5) is 8.64. The van der Waals surface area contributed by atoms with Crippen molar-refractivity contribution < 1.29 is 0 Å². The van der Waals surface area contributed by atoms with Crippen molar-refractivity contribution in [2.24, 2.45) is 5.73 Å². The first-order chi connectivity index (χ1) is 6.11. The molecule has 0 unspecified atom stereocenters.